The van der Waals surface area contributed by atoms with Crippen LogP contribution in [0, 0.1) is 5.82 Å². The maximum atomic E-state index is 14.6. The molecule has 24 heavy (non-hydrogen) atoms. The molecule has 0 unspecified atom stereocenters. The van der Waals surface area contributed by atoms with Gasteiger partial charge in [0, 0.05) is 32.3 Å². The van der Waals surface area contributed by atoms with Crippen molar-refractivity contribution in [3.05, 3.63) is 72.5 Å². The number of para-hydroxylation sites is 1. The molecule has 0 aliphatic rings. The van der Waals surface area contributed by atoms with Gasteiger partial charge in [-0.3, -0.25) is 0 Å². The van der Waals surface area contributed by atoms with E-state index in [-0.39, 0.29) is 5.82 Å². The predicted molar refractivity (Wildman–Crippen MR) is 97.4 cm³/mol. The van der Waals surface area contributed by atoms with Crippen molar-refractivity contribution in [2.75, 3.05) is 0 Å². The minimum absolute atomic E-state index is 0.173. The van der Waals surface area contributed by atoms with Gasteiger partial charge in [0.15, 0.2) is 0 Å². The van der Waals surface area contributed by atoms with E-state index >= 15 is 0 Å². The normalized spacial score (nSPS) is 12.4. The number of rotatable bonds is 0. The molecule has 1 nitrogen and oxygen atoms in total. The Morgan fingerprint density at radius 1 is 0.625 bits per heavy atom. The monoisotopic (exact) mass is 310 g/mol. The smallest absolute Gasteiger partial charge is 0.143 e. The minimum Gasteiger partial charge on any atom is -0.455 e. The number of halogens is 1. The minimum atomic E-state index is -0.173. The quantitative estimate of drug-likeness (QED) is 0.287. The molecule has 6 rings (SSSR count). The number of benzene rings is 5. The SMILES string of the molecule is Fc1cc2cc3c4ccccc4oc3c3ccc4cccc1c4c23. The number of hydrogen-bond acceptors (Lipinski definition) is 1. The molecular formula is C22H11FO. The van der Waals surface area contributed by atoms with Crippen molar-refractivity contribution in [1.82, 2.24) is 0 Å². The lowest BCUT2D eigenvalue weighted by Crippen LogP contribution is -1.87. The number of fused-ring (bicyclic) bond motifs is 4. The van der Waals surface area contributed by atoms with Crippen molar-refractivity contribution >= 4 is 54.3 Å². The van der Waals surface area contributed by atoms with Gasteiger partial charge in [0.25, 0.3) is 0 Å². The molecule has 1 heterocycles. The summed E-state index contributed by atoms with van der Waals surface area (Å²) >= 11 is 0. The molecule has 6 aromatic rings. The Kier molecular flexibility index (Phi) is 2.07. The Hall–Kier alpha value is -3.13. The van der Waals surface area contributed by atoms with Crippen molar-refractivity contribution < 1.29 is 8.81 Å². The summed E-state index contributed by atoms with van der Waals surface area (Å²) in [5.74, 6) is -0.173. The molecule has 0 aliphatic carbocycles. The Morgan fingerprint density at radius 2 is 1.46 bits per heavy atom. The first-order valence-corrected chi connectivity index (χ1v) is 7.98. The van der Waals surface area contributed by atoms with Crippen LogP contribution >= 0.6 is 0 Å². The maximum Gasteiger partial charge on any atom is 0.143 e. The predicted octanol–water partition coefficient (Wildman–Crippen LogP) is 6.62. The van der Waals surface area contributed by atoms with Gasteiger partial charge in [0.2, 0.25) is 0 Å². The summed E-state index contributed by atoms with van der Waals surface area (Å²) in [5, 5.41) is 7.85. The molecule has 5 aromatic carbocycles. The summed E-state index contributed by atoms with van der Waals surface area (Å²) in [6, 6.07) is 21.6. The molecule has 0 fully saturated rings. The summed E-state index contributed by atoms with van der Waals surface area (Å²) in [6.45, 7) is 0. The van der Waals surface area contributed by atoms with E-state index in [0.29, 0.717) is 5.39 Å². The Morgan fingerprint density at radius 3 is 2.42 bits per heavy atom. The Balaban J connectivity index is 2.02. The van der Waals surface area contributed by atoms with Crippen LogP contribution in [0.15, 0.2) is 71.1 Å². The van der Waals surface area contributed by atoms with E-state index in [2.05, 4.69) is 24.3 Å². The zero-order chi connectivity index (χ0) is 15.8. The molecule has 0 bridgehead atoms. The molecule has 0 atom stereocenters. The van der Waals surface area contributed by atoms with E-state index in [1.165, 1.54) is 0 Å². The third-order valence-corrected chi connectivity index (χ3v) is 5.05. The van der Waals surface area contributed by atoms with Gasteiger partial charge in [-0.2, -0.15) is 0 Å². The van der Waals surface area contributed by atoms with Crippen LogP contribution in [-0.4, -0.2) is 0 Å². The fraction of sp³-hybridized carbons (Fsp3) is 0. The van der Waals surface area contributed by atoms with Crippen LogP contribution in [0.2, 0.25) is 0 Å². The second-order valence-electron chi connectivity index (χ2n) is 6.32. The van der Waals surface area contributed by atoms with Crippen molar-refractivity contribution in [2.45, 2.75) is 0 Å². The highest BCUT2D eigenvalue weighted by Gasteiger charge is 2.17. The second-order valence-corrected chi connectivity index (χ2v) is 6.32. The van der Waals surface area contributed by atoms with Gasteiger partial charge < -0.3 is 4.42 Å². The highest BCUT2D eigenvalue weighted by molar-refractivity contribution is 6.30. The van der Waals surface area contributed by atoms with E-state index < -0.39 is 0 Å². The molecule has 0 aliphatic heterocycles. The third-order valence-electron chi connectivity index (χ3n) is 5.05. The molecule has 0 saturated heterocycles. The van der Waals surface area contributed by atoms with Gasteiger partial charge in [-0.25, -0.2) is 4.39 Å². The van der Waals surface area contributed by atoms with Crippen LogP contribution in [0.4, 0.5) is 4.39 Å². The average Bonchev–Trinajstić information content (AvgIpc) is 2.99. The molecule has 0 N–H and O–H groups in total. The van der Waals surface area contributed by atoms with E-state index in [1.807, 2.05) is 36.4 Å². The summed E-state index contributed by atoms with van der Waals surface area (Å²) in [7, 11) is 0. The van der Waals surface area contributed by atoms with Gasteiger partial charge in [-0.1, -0.05) is 42.5 Å². The molecule has 0 amide bonds. The number of hydrogen-bond donors (Lipinski definition) is 0. The fourth-order valence-corrected chi connectivity index (χ4v) is 4.03. The lowest BCUT2D eigenvalue weighted by Gasteiger charge is -2.11. The zero-order valence-corrected chi connectivity index (χ0v) is 12.6. The average molecular weight is 310 g/mol. The maximum absolute atomic E-state index is 14.6. The molecule has 112 valence electrons. The highest BCUT2D eigenvalue weighted by Crippen LogP contribution is 2.42. The first kappa shape index (κ1) is 12.3. The fourth-order valence-electron chi connectivity index (χ4n) is 4.03. The van der Waals surface area contributed by atoms with Crippen molar-refractivity contribution in [1.29, 1.82) is 0 Å². The topological polar surface area (TPSA) is 13.1 Å². The van der Waals surface area contributed by atoms with Crippen molar-refractivity contribution in [3.63, 3.8) is 0 Å². The Bertz CT molecular complexity index is 1410. The summed E-state index contributed by atoms with van der Waals surface area (Å²) in [4.78, 5) is 0. The van der Waals surface area contributed by atoms with Crippen LogP contribution in [0.1, 0.15) is 0 Å². The first-order chi connectivity index (χ1) is 11.8. The first-order valence-electron chi connectivity index (χ1n) is 7.98. The van der Waals surface area contributed by atoms with Gasteiger partial charge in [0.05, 0.1) is 0 Å². The molecule has 0 radical (unpaired) electrons. The highest BCUT2D eigenvalue weighted by atomic mass is 19.1. The molecule has 0 saturated carbocycles. The summed E-state index contributed by atoms with van der Waals surface area (Å²) in [6.07, 6.45) is 0. The van der Waals surface area contributed by atoms with Gasteiger partial charge in [-0.05, 0) is 35.0 Å². The zero-order valence-electron chi connectivity index (χ0n) is 12.6. The third kappa shape index (κ3) is 1.35. The van der Waals surface area contributed by atoms with Gasteiger partial charge in [-0.15, -0.1) is 0 Å². The summed E-state index contributed by atoms with van der Waals surface area (Å²) in [5.41, 5.74) is 1.74. The Labute approximate surface area is 136 Å². The van der Waals surface area contributed by atoms with Crippen molar-refractivity contribution in [3.8, 4) is 0 Å². The van der Waals surface area contributed by atoms with E-state index in [4.69, 9.17) is 4.42 Å². The molecule has 2 heteroatoms. The van der Waals surface area contributed by atoms with Crippen LogP contribution in [0.3, 0.4) is 0 Å². The van der Waals surface area contributed by atoms with Crippen molar-refractivity contribution in [2.24, 2.45) is 0 Å². The molecular weight excluding hydrogens is 299 g/mol. The van der Waals surface area contributed by atoms with E-state index in [1.54, 1.807) is 6.07 Å². The lowest BCUT2D eigenvalue weighted by atomic mass is 9.92. The van der Waals surface area contributed by atoms with E-state index in [0.717, 1.165) is 48.9 Å². The van der Waals surface area contributed by atoms with Crippen LogP contribution in [-0.2, 0) is 0 Å². The van der Waals surface area contributed by atoms with Crippen LogP contribution in [0.25, 0.3) is 54.3 Å². The lowest BCUT2D eigenvalue weighted by molar-refractivity contribution is 0.641. The number of furan rings is 1. The summed E-state index contributed by atoms with van der Waals surface area (Å²) < 4.78 is 20.8. The van der Waals surface area contributed by atoms with Gasteiger partial charge >= 0.3 is 0 Å². The van der Waals surface area contributed by atoms with Gasteiger partial charge in [0.1, 0.15) is 17.0 Å². The van der Waals surface area contributed by atoms with E-state index in [9.17, 15) is 4.39 Å². The molecule has 1 aromatic heterocycles. The van der Waals surface area contributed by atoms with Crippen LogP contribution in [0.5, 0.6) is 0 Å². The standard InChI is InChI=1S/C22H11FO/c23-18-11-13-10-17-14-5-1-2-7-19(14)24-22(17)16-9-8-12-4-3-6-15(18)20(12)21(13)16/h1-11H. The largest absolute Gasteiger partial charge is 0.455 e. The second kappa shape index (κ2) is 4.04. The van der Waals surface area contributed by atoms with Crippen LogP contribution < -0.4 is 0 Å². The molecule has 0 spiro atoms.